The van der Waals surface area contributed by atoms with E-state index in [1.165, 1.54) is 7.11 Å². The maximum absolute atomic E-state index is 13.0. The fourth-order valence-corrected chi connectivity index (χ4v) is 3.63. The lowest BCUT2D eigenvalue weighted by Crippen LogP contribution is -2.36. The van der Waals surface area contributed by atoms with Crippen molar-refractivity contribution in [3.8, 4) is 0 Å². The fraction of sp³-hybridized carbons (Fsp3) is 0.409. The second-order valence-electron chi connectivity index (χ2n) is 7.52. The number of aromatic nitrogens is 1. The Labute approximate surface area is 182 Å². The summed E-state index contributed by atoms with van der Waals surface area (Å²) in [5.74, 6) is -0.590. The van der Waals surface area contributed by atoms with Gasteiger partial charge in [-0.15, -0.1) is 12.4 Å². The van der Waals surface area contributed by atoms with Crippen molar-refractivity contribution in [3.05, 3.63) is 63.1 Å². The van der Waals surface area contributed by atoms with Crippen LogP contribution in [0.15, 0.2) is 35.3 Å². The van der Waals surface area contributed by atoms with Crippen molar-refractivity contribution >= 4 is 30.0 Å². The van der Waals surface area contributed by atoms with Gasteiger partial charge in [0, 0.05) is 18.4 Å². The summed E-state index contributed by atoms with van der Waals surface area (Å²) in [6, 6.07) is 6.72. The molecule has 1 saturated heterocycles. The number of nitrogens with zero attached hydrogens (tertiary/aromatic N) is 1. The summed E-state index contributed by atoms with van der Waals surface area (Å²) in [6.07, 6.45) is 3.91. The number of benzene rings is 1. The molecule has 2 aromatic rings. The minimum Gasteiger partial charge on any atom is -0.465 e. The smallest absolute Gasteiger partial charge is 0.337 e. The predicted molar refractivity (Wildman–Crippen MR) is 119 cm³/mol. The molecule has 0 aliphatic carbocycles. The number of pyridine rings is 1. The van der Waals surface area contributed by atoms with E-state index in [-0.39, 0.29) is 23.5 Å². The van der Waals surface area contributed by atoms with Gasteiger partial charge < -0.3 is 19.9 Å². The van der Waals surface area contributed by atoms with Crippen LogP contribution in [0, 0.1) is 19.8 Å². The second-order valence-corrected chi connectivity index (χ2v) is 7.52. The Kier molecular flexibility index (Phi) is 8.20. The highest BCUT2D eigenvalue weighted by atomic mass is 35.5. The van der Waals surface area contributed by atoms with Crippen molar-refractivity contribution in [2.45, 2.75) is 33.2 Å². The molecular weight excluding hydrogens is 406 g/mol. The molecule has 8 heteroatoms. The maximum Gasteiger partial charge on any atom is 0.337 e. The molecule has 1 aromatic heterocycles. The van der Waals surface area contributed by atoms with Gasteiger partial charge in [0.1, 0.15) is 5.56 Å². The molecule has 0 radical (unpaired) electrons. The zero-order chi connectivity index (χ0) is 21.0. The Morgan fingerprint density at radius 3 is 2.67 bits per heavy atom. The molecule has 0 saturated carbocycles. The average Bonchev–Trinajstić information content (AvgIpc) is 2.72. The first kappa shape index (κ1) is 23.6. The van der Waals surface area contributed by atoms with Crippen molar-refractivity contribution in [2.75, 3.05) is 25.5 Å². The molecule has 2 N–H and O–H groups in total. The van der Waals surface area contributed by atoms with Gasteiger partial charge in [-0.05, 0) is 75.0 Å². The van der Waals surface area contributed by atoms with Gasteiger partial charge in [0.2, 0.25) is 0 Å². The third-order valence-corrected chi connectivity index (χ3v) is 5.36. The Morgan fingerprint density at radius 2 is 2.00 bits per heavy atom. The zero-order valence-corrected chi connectivity index (χ0v) is 18.3. The molecule has 7 nitrogen and oxygen atoms in total. The van der Waals surface area contributed by atoms with Gasteiger partial charge >= 0.3 is 5.97 Å². The van der Waals surface area contributed by atoms with Crippen LogP contribution < -0.4 is 16.2 Å². The summed E-state index contributed by atoms with van der Waals surface area (Å²) < 4.78 is 6.36. The van der Waals surface area contributed by atoms with Crippen LogP contribution in [0.3, 0.4) is 0 Å². The van der Waals surface area contributed by atoms with Crippen molar-refractivity contribution < 1.29 is 14.3 Å². The Bertz CT molecular complexity index is 981. The highest BCUT2D eigenvalue weighted by Crippen LogP contribution is 2.19. The molecule has 1 amide bonds. The van der Waals surface area contributed by atoms with Gasteiger partial charge in [0.15, 0.2) is 0 Å². The number of nitrogens with one attached hydrogen (secondary N) is 2. The SMILES string of the molecule is COC(=O)c1ccc(C)c(NC(=O)c2c(C)ccn(CC3CCCNC3)c2=O)c1.Cl. The highest BCUT2D eigenvalue weighted by molar-refractivity contribution is 6.06. The number of amides is 1. The van der Waals surface area contributed by atoms with E-state index >= 15 is 0 Å². The van der Waals surface area contributed by atoms with E-state index in [0.29, 0.717) is 29.3 Å². The quantitative estimate of drug-likeness (QED) is 0.707. The molecule has 2 heterocycles. The number of hydrogen-bond acceptors (Lipinski definition) is 5. The summed E-state index contributed by atoms with van der Waals surface area (Å²) in [6.45, 7) is 6.05. The number of methoxy groups -OCH3 is 1. The molecule has 0 spiro atoms. The minimum absolute atomic E-state index is 0. The third kappa shape index (κ3) is 5.29. The lowest BCUT2D eigenvalue weighted by Gasteiger charge is -2.23. The van der Waals surface area contributed by atoms with E-state index < -0.39 is 11.9 Å². The van der Waals surface area contributed by atoms with E-state index in [1.807, 2.05) is 6.92 Å². The van der Waals surface area contributed by atoms with Crippen LogP contribution in [0.25, 0.3) is 0 Å². The summed E-state index contributed by atoms with van der Waals surface area (Å²) in [4.78, 5) is 37.7. The lowest BCUT2D eigenvalue weighted by atomic mass is 9.99. The highest BCUT2D eigenvalue weighted by Gasteiger charge is 2.20. The van der Waals surface area contributed by atoms with Crippen LogP contribution in [-0.4, -0.2) is 36.6 Å². The monoisotopic (exact) mass is 433 g/mol. The Balaban J connectivity index is 0.00000320. The number of halogens is 1. The molecule has 1 fully saturated rings. The summed E-state index contributed by atoms with van der Waals surface area (Å²) in [5.41, 5.74) is 2.04. The minimum atomic E-state index is -0.486. The molecule has 162 valence electrons. The first-order valence-corrected chi connectivity index (χ1v) is 9.81. The molecule has 1 aliphatic heterocycles. The van der Waals surface area contributed by atoms with E-state index in [2.05, 4.69) is 10.6 Å². The van der Waals surface area contributed by atoms with E-state index in [1.54, 1.807) is 42.0 Å². The van der Waals surface area contributed by atoms with Crippen LogP contribution in [0.5, 0.6) is 0 Å². The number of anilines is 1. The van der Waals surface area contributed by atoms with Crippen molar-refractivity contribution in [1.82, 2.24) is 9.88 Å². The number of ether oxygens (including phenoxy) is 1. The number of piperidine rings is 1. The van der Waals surface area contributed by atoms with Crippen LogP contribution >= 0.6 is 12.4 Å². The summed E-state index contributed by atoms with van der Waals surface area (Å²) >= 11 is 0. The van der Waals surface area contributed by atoms with Crippen LogP contribution in [0.4, 0.5) is 5.69 Å². The van der Waals surface area contributed by atoms with Gasteiger partial charge in [0.25, 0.3) is 11.5 Å². The molecule has 1 aliphatic rings. The number of esters is 1. The standard InChI is InChI=1S/C22H27N3O4.ClH/c1-14-6-7-17(22(28)29-3)11-18(14)24-20(26)19-15(2)8-10-25(21(19)27)13-16-5-4-9-23-12-16;/h6-8,10-11,16,23H,4-5,9,12-13H2,1-3H3,(H,24,26);1H. The second kappa shape index (κ2) is 10.4. The molecule has 1 unspecified atom stereocenters. The van der Waals surface area contributed by atoms with Crippen molar-refractivity contribution in [2.24, 2.45) is 5.92 Å². The average molecular weight is 434 g/mol. The number of rotatable bonds is 5. The summed E-state index contributed by atoms with van der Waals surface area (Å²) in [7, 11) is 1.30. The largest absolute Gasteiger partial charge is 0.465 e. The van der Waals surface area contributed by atoms with Crippen LogP contribution in [-0.2, 0) is 11.3 Å². The van der Waals surface area contributed by atoms with Crippen LogP contribution in [0.1, 0.15) is 44.7 Å². The van der Waals surface area contributed by atoms with E-state index in [4.69, 9.17) is 4.74 Å². The van der Waals surface area contributed by atoms with Crippen molar-refractivity contribution in [3.63, 3.8) is 0 Å². The van der Waals surface area contributed by atoms with E-state index in [0.717, 1.165) is 31.5 Å². The fourth-order valence-electron chi connectivity index (χ4n) is 3.63. The first-order valence-electron chi connectivity index (χ1n) is 9.81. The number of hydrogen-bond donors (Lipinski definition) is 2. The van der Waals surface area contributed by atoms with Gasteiger partial charge in [-0.2, -0.15) is 0 Å². The van der Waals surface area contributed by atoms with Crippen molar-refractivity contribution in [1.29, 1.82) is 0 Å². The third-order valence-electron chi connectivity index (χ3n) is 5.36. The van der Waals surface area contributed by atoms with Gasteiger partial charge in [-0.1, -0.05) is 6.07 Å². The maximum atomic E-state index is 13.0. The van der Waals surface area contributed by atoms with Gasteiger partial charge in [0.05, 0.1) is 12.7 Å². The van der Waals surface area contributed by atoms with E-state index in [9.17, 15) is 14.4 Å². The number of carbonyl (C=O) groups is 2. The molecule has 1 aromatic carbocycles. The summed E-state index contributed by atoms with van der Waals surface area (Å²) in [5, 5.41) is 6.13. The van der Waals surface area contributed by atoms with Crippen LogP contribution in [0.2, 0.25) is 0 Å². The molecule has 0 bridgehead atoms. The topological polar surface area (TPSA) is 89.4 Å². The first-order chi connectivity index (χ1) is 13.9. The number of aryl methyl sites for hydroxylation is 2. The molecule has 3 rings (SSSR count). The zero-order valence-electron chi connectivity index (χ0n) is 17.5. The lowest BCUT2D eigenvalue weighted by molar-refractivity contribution is 0.0600. The Morgan fingerprint density at radius 1 is 1.23 bits per heavy atom. The normalized spacial score (nSPS) is 15.8. The predicted octanol–water partition coefficient (Wildman–Crippen LogP) is 2.93. The van der Waals surface area contributed by atoms with Gasteiger partial charge in [-0.3, -0.25) is 9.59 Å². The molecular formula is C22H28ClN3O4. The molecule has 30 heavy (non-hydrogen) atoms. The molecule has 1 atom stereocenters. The number of carbonyl (C=O) groups excluding carboxylic acids is 2. The Hall–Kier alpha value is -2.64. The van der Waals surface area contributed by atoms with Gasteiger partial charge in [-0.25, -0.2) is 4.79 Å².